The van der Waals surface area contributed by atoms with Gasteiger partial charge in [0.05, 0.1) is 11.4 Å². The van der Waals surface area contributed by atoms with Gasteiger partial charge in [-0.25, -0.2) is 0 Å². The Morgan fingerprint density at radius 2 is 2.05 bits per heavy atom. The minimum atomic E-state index is -0.215. The zero-order valence-electron chi connectivity index (χ0n) is 11.8. The van der Waals surface area contributed by atoms with E-state index in [2.05, 4.69) is 34.2 Å². The Balaban J connectivity index is 2.33. The van der Waals surface area contributed by atoms with Crippen LogP contribution in [0.4, 0.5) is 0 Å². The maximum atomic E-state index is 11.9. The average molecular weight is 290 g/mol. The quantitative estimate of drug-likeness (QED) is 0.845. The molecule has 1 aromatic carbocycles. The van der Waals surface area contributed by atoms with Crippen molar-refractivity contribution in [2.45, 2.75) is 20.8 Å². The fourth-order valence-electron chi connectivity index (χ4n) is 1.98. The van der Waals surface area contributed by atoms with Gasteiger partial charge in [-0.15, -0.1) is 5.10 Å². The molecule has 0 saturated heterocycles. The summed E-state index contributed by atoms with van der Waals surface area (Å²) in [5.41, 5.74) is 4.10. The van der Waals surface area contributed by atoms with Gasteiger partial charge in [0.15, 0.2) is 5.69 Å². The van der Waals surface area contributed by atoms with Gasteiger partial charge in [0.25, 0.3) is 5.91 Å². The molecule has 1 amide bonds. The summed E-state index contributed by atoms with van der Waals surface area (Å²) >= 11 is 4.06. The van der Waals surface area contributed by atoms with Crippen LogP contribution in [0.3, 0.4) is 0 Å². The van der Waals surface area contributed by atoms with Crippen LogP contribution in [0.2, 0.25) is 0 Å². The summed E-state index contributed by atoms with van der Waals surface area (Å²) in [6, 6.07) is 6.02. The van der Waals surface area contributed by atoms with Crippen molar-refractivity contribution in [3.8, 4) is 5.69 Å². The van der Waals surface area contributed by atoms with Crippen molar-refractivity contribution < 1.29 is 4.79 Å². The van der Waals surface area contributed by atoms with E-state index >= 15 is 0 Å². The third kappa shape index (κ3) is 3.01. The maximum absolute atomic E-state index is 11.9. The lowest BCUT2D eigenvalue weighted by Crippen LogP contribution is -2.26. The smallest absolute Gasteiger partial charge is 0.273 e. The molecule has 1 N–H and O–H groups in total. The molecule has 0 aliphatic carbocycles. The molecular formula is C14H18N4OS. The number of aryl methyl sites for hydroxylation is 3. The molecule has 0 bridgehead atoms. The van der Waals surface area contributed by atoms with Gasteiger partial charge in [-0.3, -0.25) is 4.79 Å². The second-order valence-electron chi connectivity index (χ2n) is 4.69. The summed E-state index contributed by atoms with van der Waals surface area (Å²) in [5.74, 6) is 0.378. The van der Waals surface area contributed by atoms with Crippen LogP contribution in [-0.4, -0.2) is 33.2 Å². The molecule has 0 saturated carbocycles. The maximum Gasteiger partial charge on any atom is 0.273 e. The van der Waals surface area contributed by atoms with Crippen molar-refractivity contribution in [1.82, 2.24) is 20.3 Å². The Morgan fingerprint density at radius 3 is 2.70 bits per heavy atom. The van der Waals surface area contributed by atoms with Gasteiger partial charge in [0, 0.05) is 12.3 Å². The zero-order valence-corrected chi connectivity index (χ0v) is 12.7. The highest BCUT2D eigenvalue weighted by Gasteiger charge is 2.16. The van der Waals surface area contributed by atoms with Gasteiger partial charge in [-0.1, -0.05) is 17.7 Å². The van der Waals surface area contributed by atoms with E-state index in [1.54, 1.807) is 6.92 Å². The number of carbonyl (C=O) groups excluding carboxylic acids is 1. The van der Waals surface area contributed by atoms with Crippen LogP contribution < -0.4 is 5.32 Å². The SMILES string of the molecule is Cc1ccc(-n2nc(C)c(C(=O)NCCS)n2)c(C)c1. The average Bonchev–Trinajstić information content (AvgIpc) is 2.78. The van der Waals surface area contributed by atoms with Gasteiger partial charge in [0.2, 0.25) is 0 Å². The summed E-state index contributed by atoms with van der Waals surface area (Å²) in [6.07, 6.45) is 0. The molecule has 6 heteroatoms. The van der Waals surface area contributed by atoms with Crippen LogP contribution in [0.5, 0.6) is 0 Å². The number of nitrogens with one attached hydrogen (secondary N) is 1. The van der Waals surface area contributed by atoms with E-state index in [1.165, 1.54) is 10.4 Å². The number of carbonyl (C=O) groups is 1. The highest BCUT2D eigenvalue weighted by Crippen LogP contribution is 2.15. The topological polar surface area (TPSA) is 59.8 Å². The number of benzene rings is 1. The summed E-state index contributed by atoms with van der Waals surface area (Å²) in [7, 11) is 0. The molecule has 0 fully saturated rings. The molecule has 0 aliphatic rings. The molecule has 1 heterocycles. The van der Waals surface area contributed by atoms with Crippen molar-refractivity contribution >= 4 is 18.5 Å². The highest BCUT2D eigenvalue weighted by molar-refractivity contribution is 7.80. The minimum absolute atomic E-state index is 0.215. The van der Waals surface area contributed by atoms with Crippen LogP contribution in [0, 0.1) is 20.8 Å². The van der Waals surface area contributed by atoms with E-state index in [9.17, 15) is 4.79 Å². The van der Waals surface area contributed by atoms with E-state index in [0.29, 0.717) is 23.7 Å². The third-order valence-electron chi connectivity index (χ3n) is 2.96. The largest absolute Gasteiger partial charge is 0.350 e. The molecule has 0 radical (unpaired) electrons. The summed E-state index contributed by atoms with van der Waals surface area (Å²) in [6.45, 7) is 6.33. The van der Waals surface area contributed by atoms with Crippen LogP contribution in [-0.2, 0) is 0 Å². The zero-order chi connectivity index (χ0) is 14.7. The standard InChI is InChI=1S/C14H18N4OS/c1-9-4-5-12(10(2)8-9)18-16-11(3)13(17-18)14(19)15-6-7-20/h4-5,8,20H,6-7H2,1-3H3,(H,15,19). The van der Waals surface area contributed by atoms with E-state index in [0.717, 1.165) is 11.3 Å². The normalized spacial score (nSPS) is 10.6. The summed E-state index contributed by atoms with van der Waals surface area (Å²) in [5, 5.41) is 11.4. The lowest BCUT2D eigenvalue weighted by molar-refractivity contribution is 0.0950. The van der Waals surface area contributed by atoms with Crippen molar-refractivity contribution in [3.63, 3.8) is 0 Å². The first kappa shape index (κ1) is 14.6. The Labute approximate surface area is 123 Å². The predicted octanol–water partition coefficient (Wildman–Crippen LogP) is 1.85. The van der Waals surface area contributed by atoms with Crippen LogP contribution in [0.15, 0.2) is 18.2 Å². The molecular weight excluding hydrogens is 272 g/mol. The number of thiol groups is 1. The number of amides is 1. The Bertz CT molecular complexity index is 636. The van der Waals surface area contributed by atoms with Gasteiger partial charge in [-0.2, -0.15) is 22.5 Å². The van der Waals surface area contributed by atoms with E-state index in [-0.39, 0.29) is 5.91 Å². The first-order valence-corrected chi connectivity index (χ1v) is 7.07. The second kappa shape index (κ2) is 6.09. The molecule has 0 atom stereocenters. The van der Waals surface area contributed by atoms with Crippen molar-refractivity contribution in [2.24, 2.45) is 0 Å². The minimum Gasteiger partial charge on any atom is -0.350 e. The molecule has 1 aromatic heterocycles. The van der Waals surface area contributed by atoms with Crippen molar-refractivity contribution in [2.75, 3.05) is 12.3 Å². The van der Waals surface area contributed by atoms with Crippen LogP contribution >= 0.6 is 12.6 Å². The molecule has 5 nitrogen and oxygen atoms in total. The van der Waals surface area contributed by atoms with Gasteiger partial charge < -0.3 is 5.32 Å². The van der Waals surface area contributed by atoms with Crippen molar-refractivity contribution in [3.05, 3.63) is 40.7 Å². The number of nitrogens with zero attached hydrogens (tertiary/aromatic N) is 3. The molecule has 106 valence electrons. The number of rotatable bonds is 4. The van der Waals surface area contributed by atoms with Gasteiger partial charge in [-0.05, 0) is 32.4 Å². The molecule has 0 spiro atoms. The van der Waals surface area contributed by atoms with E-state index < -0.39 is 0 Å². The van der Waals surface area contributed by atoms with Crippen LogP contribution in [0.25, 0.3) is 5.69 Å². The van der Waals surface area contributed by atoms with E-state index in [4.69, 9.17) is 0 Å². The number of hydrogen-bond donors (Lipinski definition) is 2. The predicted molar refractivity (Wildman–Crippen MR) is 81.8 cm³/mol. The second-order valence-corrected chi connectivity index (χ2v) is 5.14. The van der Waals surface area contributed by atoms with Gasteiger partial charge in [0.1, 0.15) is 0 Å². The first-order chi connectivity index (χ1) is 9.52. The lowest BCUT2D eigenvalue weighted by atomic mass is 10.1. The molecule has 0 unspecified atom stereocenters. The molecule has 2 rings (SSSR count). The third-order valence-corrected chi connectivity index (χ3v) is 3.19. The van der Waals surface area contributed by atoms with Gasteiger partial charge >= 0.3 is 0 Å². The Kier molecular flexibility index (Phi) is 4.44. The molecule has 0 aliphatic heterocycles. The summed E-state index contributed by atoms with van der Waals surface area (Å²) in [4.78, 5) is 13.5. The summed E-state index contributed by atoms with van der Waals surface area (Å²) < 4.78 is 0. The van der Waals surface area contributed by atoms with Crippen LogP contribution in [0.1, 0.15) is 27.3 Å². The first-order valence-electron chi connectivity index (χ1n) is 6.43. The fourth-order valence-corrected chi connectivity index (χ4v) is 2.09. The van der Waals surface area contributed by atoms with E-state index in [1.807, 2.05) is 26.0 Å². The lowest BCUT2D eigenvalue weighted by Gasteiger charge is -2.05. The monoisotopic (exact) mass is 290 g/mol. The molecule has 2 aromatic rings. The fraction of sp³-hybridized carbons (Fsp3) is 0.357. The number of aromatic nitrogens is 3. The molecule has 20 heavy (non-hydrogen) atoms. The number of hydrogen-bond acceptors (Lipinski definition) is 4. The highest BCUT2D eigenvalue weighted by atomic mass is 32.1. The van der Waals surface area contributed by atoms with Crippen molar-refractivity contribution in [1.29, 1.82) is 0 Å². The Morgan fingerprint density at radius 1 is 1.30 bits per heavy atom. The Hall–Kier alpha value is -1.82.